The fourth-order valence-corrected chi connectivity index (χ4v) is 3.88. The molecule has 0 spiro atoms. The van der Waals surface area contributed by atoms with Gasteiger partial charge in [0.15, 0.2) is 5.82 Å². The summed E-state index contributed by atoms with van der Waals surface area (Å²) in [6.45, 7) is 5.99. The zero-order chi connectivity index (χ0) is 25.3. The number of hydrogen-bond donors (Lipinski definition) is 3. The molecule has 0 aliphatic carbocycles. The van der Waals surface area contributed by atoms with E-state index in [1.165, 1.54) is 0 Å². The summed E-state index contributed by atoms with van der Waals surface area (Å²) in [6.07, 6.45) is 0. The van der Waals surface area contributed by atoms with Crippen molar-refractivity contribution in [2.45, 2.75) is 26.2 Å². The first-order valence-corrected chi connectivity index (χ1v) is 11.5. The first-order valence-electron chi connectivity index (χ1n) is 11.5. The third-order valence-electron chi connectivity index (χ3n) is 5.71. The molecule has 0 aliphatic heterocycles. The van der Waals surface area contributed by atoms with Gasteiger partial charge in [-0.2, -0.15) is 0 Å². The van der Waals surface area contributed by atoms with Crippen LogP contribution in [0.1, 0.15) is 36.9 Å². The molecule has 0 atom stereocenters. The Labute approximate surface area is 207 Å². The van der Waals surface area contributed by atoms with Crippen LogP contribution in [0.15, 0.2) is 83.4 Å². The van der Waals surface area contributed by atoms with Crippen molar-refractivity contribution in [3.8, 4) is 0 Å². The minimum Gasteiger partial charge on any atom is -0.359 e. The number of nitrogens with one attached hydrogen (secondary N) is 3. The number of para-hydroxylation sites is 2. The number of carbonyl (C=O) groups is 2. The van der Waals surface area contributed by atoms with E-state index in [-0.39, 0.29) is 11.3 Å². The number of fused-ring (bicyclic) bond motifs is 2. The Balaban J connectivity index is 1.30. The van der Waals surface area contributed by atoms with E-state index in [2.05, 4.69) is 26.1 Å². The van der Waals surface area contributed by atoms with Gasteiger partial charge in [-0.05, 0) is 36.4 Å². The minimum atomic E-state index is -0.449. The van der Waals surface area contributed by atoms with Gasteiger partial charge in [0.2, 0.25) is 0 Å². The SMILES string of the molecule is CC(C)(C)c1cc(NC(=O)Nc2ccc(NC(=O)c3c4ccccc4nc4ccccc34)cc2)no1. The highest BCUT2D eigenvalue weighted by Gasteiger charge is 2.20. The molecule has 8 nitrogen and oxygen atoms in total. The van der Waals surface area contributed by atoms with Crippen LogP contribution < -0.4 is 16.0 Å². The summed E-state index contributed by atoms with van der Waals surface area (Å²) in [4.78, 5) is 30.4. The predicted octanol–water partition coefficient (Wildman–Crippen LogP) is 6.57. The van der Waals surface area contributed by atoms with E-state index >= 15 is 0 Å². The Kier molecular flexibility index (Phi) is 5.85. The maximum Gasteiger partial charge on any atom is 0.324 e. The van der Waals surface area contributed by atoms with Crippen LogP contribution in [0.25, 0.3) is 21.8 Å². The summed E-state index contributed by atoms with van der Waals surface area (Å²) in [5.74, 6) is 0.773. The monoisotopic (exact) mass is 479 g/mol. The molecule has 0 fully saturated rings. The molecule has 3 N–H and O–H groups in total. The van der Waals surface area contributed by atoms with Crippen molar-refractivity contribution in [3.05, 3.63) is 90.2 Å². The van der Waals surface area contributed by atoms with Crippen molar-refractivity contribution < 1.29 is 14.1 Å². The molecule has 2 aromatic heterocycles. The van der Waals surface area contributed by atoms with Gasteiger partial charge in [0.05, 0.1) is 16.6 Å². The molecule has 0 aliphatic rings. The van der Waals surface area contributed by atoms with E-state index in [4.69, 9.17) is 4.52 Å². The first kappa shape index (κ1) is 23.0. The zero-order valence-electron chi connectivity index (χ0n) is 20.1. The molecule has 0 saturated carbocycles. The number of urea groups is 1. The summed E-state index contributed by atoms with van der Waals surface area (Å²) >= 11 is 0. The molecule has 3 aromatic carbocycles. The molecule has 5 rings (SSSR count). The number of aromatic nitrogens is 2. The summed E-state index contributed by atoms with van der Waals surface area (Å²) in [5, 5.41) is 13.8. The number of anilines is 3. The fraction of sp³-hybridized carbons (Fsp3) is 0.143. The summed E-state index contributed by atoms with van der Waals surface area (Å²) in [5.41, 5.74) is 3.04. The Hall–Kier alpha value is -4.72. The van der Waals surface area contributed by atoms with Gasteiger partial charge in [-0.1, -0.05) is 62.3 Å². The third kappa shape index (κ3) is 4.74. The maximum absolute atomic E-state index is 13.3. The maximum atomic E-state index is 13.3. The molecule has 3 amide bonds. The van der Waals surface area contributed by atoms with E-state index in [0.717, 1.165) is 21.8 Å². The van der Waals surface area contributed by atoms with Crippen LogP contribution in [-0.4, -0.2) is 22.1 Å². The van der Waals surface area contributed by atoms with Crippen molar-refractivity contribution in [2.24, 2.45) is 0 Å². The highest BCUT2D eigenvalue weighted by atomic mass is 16.5. The first-order chi connectivity index (χ1) is 17.3. The van der Waals surface area contributed by atoms with Crippen molar-refractivity contribution in [1.82, 2.24) is 10.1 Å². The van der Waals surface area contributed by atoms with Gasteiger partial charge in [-0.25, -0.2) is 9.78 Å². The third-order valence-corrected chi connectivity index (χ3v) is 5.71. The summed E-state index contributed by atoms with van der Waals surface area (Å²) < 4.78 is 5.29. The van der Waals surface area contributed by atoms with Crippen LogP contribution in [0, 0.1) is 0 Å². The Bertz CT molecular complexity index is 1530. The molecule has 8 heteroatoms. The summed E-state index contributed by atoms with van der Waals surface area (Å²) in [7, 11) is 0. The van der Waals surface area contributed by atoms with Gasteiger partial charge < -0.3 is 15.2 Å². The molecule has 2 heterocycles. The molecular weight excluding hydrogens is 454 g/mol. The van der Waals surface area contributed by atoms with E-state index in [0.29, 0.717) is 28.5 Å². The van der Waals surface area contributed by atoms with Crippen molar-refractivity contribution in [3.63, 3.8) is 0 Å². The Morgan fingerprint density at radius 1 is 0.750 bits per heavy atom. The molecule has 0 radical (unpaired) electrons. The molecule has 36 heavy (non-hydrogen) atoms. The number of rotatable bonds is 4. The number of carbonyl (C=O) groups excluding carboxylic acids is 2. The topological polar surface area (TPSA) is 109 Å². The lowest BCUT2D eigenvalue weighted by atomic mass is 9.93. The number of pyridine rings is 1. The molecule has 180 valence electrons. The number of benzene rings is 3. The van der Waals surface area contributed by atoms with Crippen LogP contribution in [-0.2, 0) is 5.41 Å². The molecule has 0 saturated heterocycles. The van der Waals surface area contributed by atoms with E-state index in [9.17, 15) is 9.59 Å². The largest absolute Gasteiger partial charge is 0.359 e. The second-order valence-corrected chi connectivity index (χ2v) is 9.46. The van der Waals surface area contributed by atoms with Crippen molar-refractivity contribution >= 4 is 50.9 Å². The Morgan fingerprint density at radius 3 is 1.86 bits per heavy atom. The van der Waals surface area contributed by atoms with Crippen LogP contribution in [0.2, 0.25) is 0 Å². The Morgan fingerprint density at radius 2 is 1.31 bits per heavy atom. The smallest absolute Gasteiger partial charge is 0.324 e. The number of amides is 3. The zero-order valence-corrected chi connectivity index (χ0v) is 20.1. The summed E-state index contributed by atoms with van der Waals surface area (Å²) in [6, 6.07) is 23.3. The standard InChI is InChI=1S/C28H25N5O3/c1-28(2,3)23-16-24(33-36-23)32-27(35)30-18-14-12-17(13-15-18)29-26(34)25-19-8-4-6-10-21(19)31-22-11-7-5-9-20(22)25/h4-16H,1-3H3,(H,29,34)(H2,30,32,33,35). The van der Waals surface area contributed by atoms with E-state index < -0.39 is 6.03 Å². The van der Waals surface area contributed by atoms with E-state index in [1.807, 2.05) is 69.3 Å². The van der Waals surface area contributed by atoms with Gasteiger partial charge in [-0.15, -0.1) is 0 Å². The minimum absolute atomic E-state index is 0.210. The fourth-order valence-electron chi connectivity index (χ4n) is 3.88. The quantitative estimate of drug-likeness (QED) is 0.253. The predicted molar refractivity (Wildman–Crippen MR) is 141 cm³/mol. The van der Waals surface area contributed by atoms with Crippen molar-refractivity contribution in [2.75, 3.05) is 16.0 Å². The number of nitrogens with zero attached hydrogens (tertiary/aromatic N) is 2. The van der Waals surface area contributed by atoms with Gasteiger partial charge >= 0.3 is 6.03 Å². The normalized spacial score (nSPS) is 11.4. The lowest BCUT2D eigenvalue weighted by Gasteiger charge is -2.12. The molecule has 0 unspecified atom stereocenters. The lowest BCUT2D eigenvalue weighted by Crippen LogP contribution is -2.19. The van der Waals surface area contributed by atoms with Crippen LogP contribution >= 0.6 is 0 Å². The number of hydrogen-bond acceptors (Lipinski definition) is 5. The average Bonchev–Trinajstić information content (AvgIpc) is 3.32. The molecule has 5 aromatic rings. The lowest BCUT2D eigenvalue weighted by molar-refractivity contribution is 0.102. The van der Waals surface area contributed by atoms with Gasteiger partial charge in [-0.3, -0.25) is 10.1 Å². The second-order valence-electron chi connectivity index (χ2n) is 9.46. The van der Waals surface area contributed by atoms with Crippen LogP contribution in [0.5, 0.6) is 0 Å². The average molecular weight is 480 g/mol. The van der Waals surface area contributed by atoms with Gasteiger partial charge in [0.25, 0.3) is 5.91 Å². The highest BCUT2D eigenvalue weighted by Crippen LogP contribution is 2.27. The molecule has 0 bridgehead atoms. The van der Waals surface area contributed by atoms with E-state index in [1.54, 1.807) is 30.3 Å². The van der Waals surface area contributed by atoms with Gasteiger partial charge in [0, 0.05) is 33.6 Å². The second kappa shape index (κ2) is 9.14. The van der Waals surface area contributed by atoms with Crippen LogP contribution in [0.3, 0.4) is 0 Å². The molecular formula is C28H25N5O3. The van der Waals surface area contributed by atoms with Gasteiger partial charge in [0.1, 0.15) is 5.76 Å². The van der Waals surface area contributed by atoms with Crippen molar-refractivity contribution in [1.29, 1.82) is 0 Å². The van der Waals surface area contributed by atoms with Crippen LogP contribution in [0.4, 0.5) is 22.0 Å². The highest BCUT2D eigenvalue weighted by molar-refractivity contribution is 6.20.